The Morgan fingerprint density at radius 1 is 1.13 bits per heavy atom. The monoisotopic (exact) mass is 544 g/mol. The quantitative estimate of drug-likeness (QED) is 0.263. The van der Waals surface area contributed by atoms with E-state index >= 15 is 0 Å². The molecule has 2 N–H and O–H groups in total. The van der Waals surface area contributed by atoms with Crippen LogP contribution >= 0.6 is 11.3 Å². The summed E-state index contributed by atoms with van der Waals surface area (Å²) in [5, 5.41) is 15.6. The number of carboxylic acid groups (broad SMARTS) is 1. The highest BCUT2D eigenvalue weighted by Crippen LogP contribution is 2.35. The van der Waals surface area contributed by atoms with Crippen LogP contribution in [0.1, 0.15) is 73.4 Å². The number of hydrogen-bond donors (Lipinski definition) is 2. The minimum atomic E-state index is -4.44. The van der Waals surface area contributed by atoms with E-state index in [4.69, 9.17) is 4.98 Å². The summed E-state index contributed by atoms with van der Waals surface area (Å²) in [5.74, 6) is -0.251. The Labute approximate surface area is 221 Å². The summed E-state index contributed by atoms with van der Waals surface area (Å²) in [6.07, 6.45) is -1.15. The van der Waals surface area contributed by atoms with Crippen LogP contribution in [-0.4, -0.2) is 41.6 Å². The molecule has 0 saturated heterocycles. The SMILES string of the molecule is CC(C)c1csc(-c2nc3nc(C(=O)O)nc(NC(C)C4CCC4)c3n2Cc2ccc(C(F)(F)F)cc2)n1. The van der Waals surface area contributed by atoms with Crippen molar-refractivity contribution in [3.63, 3.8) is 0 Å². The third-order valence-corrected chi connectivity index (χ3v) is 7.80. The van der Waals surface area contributed by atoms with Crippen LogP contribution in [0.3, 0.4) is 0 Å². The molecule has 1 aliphatic rings. The van der Waals surface area contributed by atoms with Crippen molar-refractivity contribution in [2.75, 3.05) is 5.32 Å². The molecule has 0 bridgehead atoms. The molecule has 1 aliphatic carbocycles. The molecule has 38 heavy (non-hydrogen) atoms. The molecule has 1 aromatic carbocycles. The maximum atomic E-state index is 13.1. The van der Waals surface area contributed by atoms with Gasteiger partial charge in [0.25, 0.3) is 0 Å². The molecule has 1 atom stereocenters. The number of nitrogens with zero attached hydrogens (tertiary/aromatic N) is 5. The zero-order chi connectivity index (χ0) is 27.2. The van der Waals surface area contributed by atoms with Crippen molar-refractivity contribution in [2.45, 2.75) is 64.7 Å². The lowest BCUT2D eigenvalue weighted by atomic mass is 9.80. The maximum Gasteiger partial charge on any atom is 0.416 e. The number of carboxylic acids is 1. The van der Waals surface area contributed by atoms with Crippen LogP contribution in [0.15, 0.2) is 29.6 Å². The Morgan fingerprint density at radius 3 is 2.39 bits per heavy atom. The van der Waals surface area contributed by atoms with Crippen molar-refractivity contribution < 1.29 is 23.1 Å². The molecule has 0 amide bonds. The average Bonchev–Trinajstić information content (AvgIpc) is 3.43. The van der Waals surface area contributed by atoms with Crippen LogP contribution in [0.2, 0.25) is 0 Å². The van der Waals surface area contributed by atoms with Gasteiger partial charge in [-0.1, -0.05) is 32.4 Å². The molecule has 0 spiro atoms. The normalized spacial score (nSPS) is 15.1. The molecular formula is C26H27F3N6O2S. The highest BCUT2D eigenvalue weighted by molar-refractivity contribution is 7.13. The van der Waals surface area contributed by atoms with E-state index in [2.05, 4.69) is 20.3 Å². The van der Waals surface area contributed by atoms with E-state index in [0.717, 1.165) is 37.1 Å². The van der Waals surface area contributed by atoms with Gasteiger partial charge in [0.05, 0.1) is 11.3 Å². The second kappa shape index (κ2) is 9.97. The summed E-state index contributed by atoms with van der Waals surface area (Å²) in [6.45, 7) is 6.26. The fourth-order valence-corrected chi connectivity index (χ4v) is 5.44. The number of aromatic carboxylic acids is 1. The number of benzene rings is 1. The molecule has 1 unspecified atom stereocenters. The van der Waals surface area contributed by atoms with Gasteiger partial charge in [0.2, 0.25) is 5.82 Å². The smallest absolute Gasteiger partial charge is 0.416 e. The van der Waals surface area contributed by atoms with E-state index in [1.54, 1.807) is 0 Å². The number of nitrogens with one attached hydrogen (secondary N) is 1. The molecule has 8 nitrogen and oxygen atoms in total. The first-order chi connectivity index (χ1) is 18.0. The molecule has 5 rings (SSSR count). The maximum absolute atomic E-state index is 13.1. The van der Waals surface area contributed by atoms with Crippen LogP contribution in [0.4, 0.5) is 19.0 Å². The zero-order valence-corrected chi connectivity index (χ0v) is 21.9. The molecular weight excluding hydrogens is 517 g/mol. The van der Waals surface area contributed by atoms with Crippen LogP contribution in [0.25, 0.3) is 22.0 Å². The number of rotatable bonds is 8. The molecule has 1 fully saturated rings. The predicted octanol–water partition coefficient (Wildman–Crippen LogP) is 6.44. The summed E-state index contributed by atoms with van der Waals surface area (Å²) in [6, 6.07) is 4.98. The number of aromatic nitrogens is 5. The Morgan fingerprint density at radius 2 is 1.84 bits per heavy atom. The van der Waals surface area contributed by atoms with Crippen molar-refractivity contribution in [1.82, 2.24) is 24.5 Å². The van der Waals surface area contributed by atoms with Gasteiger partial charge < -0.3 is 15.0 Å². The molecule has 12 heteroatoms. The largest absolute Gasteiger partial charge is 0.475 e. The Hall–Kier alpha value is -3.54. The Balaban J connectivity index is 1.67. The van der Waals surface area contributed by atoms with Crippen LogP contribution < -0.4 is 5.32 Å². The lowest BCUT2D eigenvalue weighted by molar-refractivity contribution is -0.137. The third kappa shape index (κ3) is 5.09. The molecule has 3 aromatic heterocycles. The fourth-order valence-electron chi connectivity index (χ4n) is 4.46. The Bertz CT molecular complexity index is 1470. The number of carbonyl (C=O) groups is 1. The summed E-state index contributed by atoms with van der Waals surface area (Å²) < 4.78 is 41.2. The van der Waals surface area contributed by atoms with Gasteiger partial charge >= 0.3 is 12.1 Å². The molecule has 0 radical (unpaired) electrons. The van der Waals surface area contributed by atoms with E-state index in [1.807, 2.05) is 30.7 Å². The van der Waals surface area contributed by atoms with Gasteiger partial charge in [0.1, 0.15) is 5.52 Å². The van der Waals surface area contributed by atoms with Gasteiger partial charge in [-0.2, -0.15) is 13.2 Å². The van der Waals surface area contributed by atoms with E-state index in [9.17, 15) is 23.1 Å². The molecule has 0 aliphatic heterocycles. The number of alkyl halides is 3. The van der Waals surface area contributed by atoms with Gasteiger partial charge in [-0.05, 0) is 49.3 Å². The van der Waals surface area contributed by atoms with Gasteiger partial charge in [0.15, 0.2) is 22.3 Å². The topological polar surface area (TPSA) is 106 Å². The van der Waals surface area contributed by atoms with Crippen LogP contribution in [-0.2, 0) is 12.7 Å². The second-order valence-corrected chi connectivity index (χ2v) is 10.8. The highest BCUT2D eigenvalue weighted by atomic mass is 32.1. The predicted molar refractivity (Wildman–Crippen MR) is 138 cm³/mol. The number of thiazole rings is 1. The average molecular weight is 545 g/mol. The number of anilines is 1. The van der Waals surface area contributed by atoms with Gasteiger partial charge in [-0.3, -0.25) is 0 Å². The molecule has 200 valence electrons. The van der Waals surface area contributed by atoms with Crippen molar-refractivity contribution in [2.24, 2.45) is 5.92 Å². The molecule has 1 saturated carbocycles. The van der Waals surface area contributed by atoms with E-state index in [-0.39, 0.29) is 30.0 Å². The third-order valence-electron chi connectivity index (χ3n) is 6.94. The first-order valence-electron chi connectivity index (χ1n) is 12.4. The lowest BCUT2D eigenvalue weighted by Gasteiger charge is -2.32. The van der Waals surface area contributed by atoms with Crippen molar-refractivity contribution >= 4 is 34.3 Å². The first kappa shape index (κ1) is 26.1. The van der Waals surface area contributed by atoms with Crippen molar-refractivity contribution in [3.05, 3.63) is 52.3 Å². The summed E-state index contributed by atoms with van der Waals surface area (Å²) in [5.41, 5.74) is 1.43. The lowest BCUT2D eigenvalue weighted by Crippen LogP contribution is -2.31. The molecule has 4 aromatic rings. The number of imidazole rings is 1. The van der Waals surface area contributed by atoms with Gasteiger partial charge in [0, 0.05) is 18.0 Å². The van der Waals surface area contributed by atoms with Crippen molar-refractivity contribution in [1.29, 1.82) is 0 Å². The minimum Gasteiger partial charge on any atom is -0.475 e. The van der Waals surface area contributed by atoms with Gasteiger partial charge in [-0.25, -0.2) is 24.7 Å². The number of hydrogen-bond acceptors (Lipinski definition) is 7. The fraction of sp³-hybridized carbons (Fsp3) is 0.423. The summed E-state index contributed by atoms with van der Waals surface area (Å²) in [4.78, 5) is 29.8. The van der Waals surface area contributed by atoms with Crippen LogP contribution in [0.5, 0.6) is 0 Å². The minimum absolute atomic E-state index is 0.0359. The number of fused-ring (bicyclic) bond motifs is 1. The standard InChI is InChI=1S/C26H27F3N6O2S/c1-13(2)18-12-38-24(31-18)23-34-21-19(35(23)11-15-7-9-17(10-8-15)26(27,28)29)20(32-22(33-21)25(36)37)30-14(3)16-5-4-6-16/h7-10,12-14,16H,4-6,11H2,1-3H3,(H,36,37)(H,30,32,33). The van der Waals surface area contributed by atoms with Gasteiger partial charge in [-0.15, -0.1) is 11.3 Å². The van der Waals surface area contributed by atoms with E-state index in [0.29, 0.717) is 33.6 Å². The highest BCUT2D eigenvalue weighted by Gasteiger charge is 2.31. The number of halogens is 3. The van der Waals surface area contributed by atoms with Crippen molar-refractivity contribution in [3.8, 4) is 10.8 Å². The van der Waals surface area contributed by atoms with E-state index < -0.39 is 17.7 Å². The Kier molecular flexibility index (Phi) is 6.84. The first-order valence-corrected chi connectivity index (χ1v) is 13.3. The second-order valence-electron chi connectivity index (χ2n) is 9.95. The zero-order valence-electron chi connectivity index (χ0n) is 21.1. The van der Waals surface area contributed by atoms with Crippen LogP contribution in [0, 0.1) is 5.92 Å². The summed E-state index contributed by atoms with van der Waals surface area (Å²) in [7, 11) is 0. The van der Waals surface area contributed by atoms with E-state index in [1.165, 1.54) is 23.5 Å². The molecule has 3 heterocycles. The summed E-state index contributed by atoms with van der Waals surface area (Å²) >= 11 is 1.40.